The van der Waals surface area contributed by atoms with E-state index in [2.05, 4.69) is 5.32 Å². The number of hydrogen-bond acceptors (Lipinski definition) is 3. The third-order valence-electron chi connectivity index (χ3n) is 2.96. The maximum Gasteiger partial charge on any atom is 0.401 e. The lowest BCUT2D eigenvalue weighted by Gasteiger charge is -2.28. The molecular formula is C11H20F3N3O. The molecule has 1 aliphatic heterocycles. The standard InChI is InChI=1S/C11H20F3N3O/c1-2-16(9-11(12,13)14)6-3-10(18)17-7-4-15-5-8-17/h15H,2-9H2,1H3. The summed E-state index contributed by atoms with van der Waals surface area (Å²) in [6.45, 7) is 3.98. The summed E-state index contributed by atoms with van der Waals surface area (Å²) >= 11 is 0. The minimum absolute atomic E-state index is 0.0582. The van der Waals surface area contributed by atoms with Gasteiger partial charge in [-0.3, -0.25) is 9.69 Å². The van der Waals surface area contributed by atoms with Crippen molar-refractivity contribution in [1.82, 2.24) is 15.1 Å². The second-order valence-corrected chi connectivity index (χ2v) is 4.36. The number of amides is 1. The van der Waals surface area contributed by atoms with Crippen LogP contribution in [0.1, 0.15) is 13.3 Å². The predicted molar refractivity (Wildman–Crippen MR) is 62.2 cm³/mol. The zero-order valence-corrected chi connectivity index (χ0v) is 10.6. The van der Waals surface area contributed by atoms with Crippen LogP contribution in [0.4, 0.5) is 13.2 Å². The minimum atomic E-state index is -4.20. The van der Waals surface area contributed by atoms with Crippen LogP contribution in [0.5, 0.6) is 0 Å². The number of nitrogens with one attached hydrogen (secondary N) is 1. The molecule has 0 aliphatic carbocycles. The Balaban J connectivity index is 2.30. The normalized spacial score (nSPS) is 17.3. The fourth-order valence-electron chi connectivity index (χ4n) is 1.93. The zero-order chi connectivity index (χ0) is 13.6. The summed E-state index contributed by atoms with van der Waals surface area (Å²) < 4.78 is 36.7. The molecule has 0 spiro atoms. The Morgan fingerprint density at radius 3 is 2.44 bits per heavy atom. The van der Waals surface area contributed by atoms with Gasteiger partial charge in [-0.15, -0.1) is 0 Å². The van der Waals surface area contributed by atoms with Crippen molar-refractivity contribution in [3.8, 4) is 0 Å². The molecule has 0 radical (unpaired) electrons. The number of halogens is 3. The molecule has 7 heteroatoms. The molecule has 0 atom stereocenters. The van der Waals surface area contributed by atoms with Crippen LogP contribution >= 0.6 is 0 Å². The van der Waals surface area contributed by atoms with Gasteiger partial charge in [0, 0.05) is 39.1 Å². The van der Waals surface area contributed by atoms with Gasteiger partial charge in [0.05, 0.1) is 6.54 Å². The molecule has 1 fully saturated rings. The number of rotatable bonds is 5. The SMILES string of the molecule is CCN(CCC(=O)N1CCNCC1)CC(F)(F)F. The summed E-state index contributed by atoms with van der Waals surface area (Å²) in [6.07, 6.45) is -4.04. The first kappa shape index (κ1) is 15.2. The molecule has 18 heavy (non-hydrogen) atoms. The predicted octanol–water partition coefficient (Wildman–Crippen LogP) is 0.692. The van der Waals surface area contributed by atoms with Gasteiger partial charge in [0.2, 0.25) is 5.91 Å². The van der Waals surface area contributed by atoms with Crippen LogP contribution in [-0.4, -0.2) is 67.7 Å². The number of piperazine rings is 1. The average Bonchev–Trinajstić information content (AvgIpc) is 2.33. The Kier molecular flexibility index (Phi) is 5.87. The van der Waals surface area contributed by atoms with Crippen LogP contribution in [0.3, 0.4) is 0 Å². The summed E-state index contributed by atoms with van der Waals surface area (Å²) in [5, 5.41) is 3.12. The molecule has 0 bridgehead atoms. The van der Waals surface area contributed by atoms with Crippen LogP contribution in [0.25, 0.3) is 0 Å². The second-order valence-electron chi connectivity index (χ2n) is 4.36. The molecular weight excluding hydrogens is 247 g/mol. The number of nitrogens with zero attached hydrogens (tertiary/aromatic N) is 2. The van der Waals surface area contributed by atoms with Gasteiger partial charge in [-0.1, -0.05) is 6.92 Å². The molecule has 1 rings (SSSR count). The van der Waals surface area contributed by atoms with E-state index in [-0.39, 0.29) is 18.9 Å². The smallest absolute Gasteiger partial charge is 0.340 e. The van der Waals surface area contributed by atoms with Crippen molar-refractivity contribution in [3.63, 3.8) is 0 Å². The van der Waals surface area contributed by atoms with Crippen LogP contribution in [-0.2, 0) is 4.79 Å². The van der Waals surface area contributed by atoms with Crippen LogP contribution < -0.4 is 5.32 Å². The minimum Gasteiger partial charge on any atom is -0.340 e. The molecule has 0 aromatic carbocycles. The quantitative estimate of drug-likeness (QED) is 0.796. The highest BCUT2D eigenvalue weighted by molar-refractivity contribution is 5.76. The van der Waals surface area contributed by atoms with Crippen molar-refractivity contribution in [2.75, 3.05) is 45.8 Å². The van der Waals surface area contributed by atoms with E-state index in [1.54, 1.807) is 11.8 Å². The maximum atomic E-state index is 12.2. The van der Waals surface area contributed by atoms with E-state index >= 15 is 0 Å². The van der Waals surface area contributed by atoms with Gasteiger partial charge in [-0.2, -0.15) is 13.2 Å². The Bertz CT molecular complexity index is 265. The van der Waals surface area contributed by atoms with Crippen LogP contribution in [0.15, 0.2) is 0 Å². The molecule has 0 saturated carbocycles. The largest absolute Gasteiger partial charge is 0.401 e. The zero-order valence-electron chi connectivity index (χ0n) is 10.6. The van der Waals surface area contributed by atoms with Crippen molar-refractivity contribution >= 4 is 5.91 Å². The van der Waals surface area contributed by atoms with Crippen molar-refractivity contribution in [1.29, 1.82) is 0 Å². The maximum absolute atomic E-state index is 12.2. The third kappa shape index (κ3) is 5.68. The highest BCUT2D eigenvalue weighted by Crippen LogP contribution is 2.16. The lowest BCUT2D eigenvalue weighted by atomic mass is 10.3. The van der Waals surface area contributed by atoms with Gasteiger partial charge in [0.25, 0.3) is 0 Å². The fourth-order valence-corrected chi connectivity index (χ4v) is 1.93. The van der Waals surface area contributed by atoms with Gasteiger partial charge in [0.1, 0.15) is 0 Å². The Labute approximate surface area is 105 Å². The monoisotopic (exact) mass is 267 g/mol. The summed E-state index contributed by atoms with van der Waals surface area (Å²) in [7, 11) is 0. The van der Waals surface area contributed by atoms with E-state index in [9.17, 15) is 18.0 Å². The Morgan fingerprint density at radius 1 is 1.33 bits per heavy atom. The molecule has 0 aromatic heterocycles. The number of hydrogen-bond donors (Lipinski definition) is 1. The molecule has 106 valence electrons. The third-order valence-corrected chi connectivity index (χ3v) is 2.96. The van der Waals surface area contributed by atoms with Gasteiger partial charge < -0.3 is 10.2 Å². The first-order chi connectivity index (χ1) is 8.42. The fraction of sp³-hybridized carbons (Fsp3) is 0.909. The van der Waals surface area contributed by atoms with E-state index in [1.807, 2.05) is 0 Å². The Morgan fingerprint density at radius 2 is 1.94 bits per heavy atom. The van der Waals surface area contributed by atoms with Gasteiger partial charge in [0.15, 0.2) is 0 Å². The second kappa shape index (κ2) is 6.94. The van der Waals surface area contributed by atoms with Gasteiger partial charge in [-0.05, 0) is 6.54 Å². The molecule has 1 saturated heterocycles. The van der Waals surface area contributed by atoms with E-state index < -0.39 is 12.7 Å². The number of carbonyl (C=O) groups is 1. The highest BCUT2D eigenvalue weighted by atomic mass is 19.4. The first-order valence-corrected chi connectivity index (χ1v) is 6.20. The summed E-state index contributed by atoms with van der Waals surface area (Å²) in [5.41, 5.74) is 0. The molecule has 0 unspecified atom stereocenters. The topological polar surface area (TPSA) is 35.6 Å². The van der Waals surface area contributed by atoms with Crippen molar-refractivity contribution in [2.24, 2.45) is 0 Å². The molecule has 1 amide bonds. The molecule has 0 aromatic rings. The van der Waals surface area contributed by atoms with Crippen LogP contribution in [0.2, 0.25) is 0 Å². The molecule has 4 nitrogen and oxygen atoms in total. The van der Waals surface area contributed by atoms with Gasteiger partial charge >= 0.3 is 6.18 Å². The van der Waals surface area contributed by atoms with Crippen molar-refractivity contribution in [3.05, 3.63) is 0 Å². The summed E-state index contributed by atoms with van der Waals surface area (Å²) in [4.78, 5) is 14.7. The van der Waals surface area contributed by atoms with Gasteiger partial charge in [-0.25, -0.2) is 0 Å². The lowest BCUT2D eigenvalue weighted by molar-refractivity contribution is -0.148. The molecule has 1 aliphatic rings. The summed E-state index contributed by atoms with van der Waals surface area (Å²) in [6, 6.07) is 0. The Hall–Kier alpha value is -0.820. The van der Waals surface area contributed by atoms with Crippen LogP contribution in [0, 0.1) is 0 Å². The average molecular weight is 267 g/mol. The van der Waals surface area contributed by atoms with Crippen molar-refractivity contribution < 1.29 is 18.0 Å². The van der Waals surface area contributed by atoms with Crippen molar-refractivity contribution in [2.45, 2.75) is 19.5 Å². The molecule has 1 heterocycles. The summed E-state index contributed by atoms with van der Waals surface area (Å²) in [5.74, 6) is -0.0582. The van der Waals surface area contributed by atoms with E-state index in [4.69, 9.17) is 0 Å². The number of alkyl halides is 3. The first-order valence-electron chi connectivity index (χ1n) is 6.20. The van der Waals surface area contributed by atoms with E-state index in [0.29, 0.717) is 19.6 Å². The number of carbonyl (C=O) groups excluding carboxylic acids is 1. The highest BCUT2D eigenvalue weighted by Gasteiger charge is 2.30. The van der Waals surface area contributed by atoms with E-state index in [1.165, 1.54) is 4.90 Å². The lowest BCUT2D eigenvalue weighted by Crippen LogP contribution is -2.47. The molecule has 1 N–H and O–H groups in total. The van der Waals surface area contributed by atoms with E-state index in [0.717, 1.165) is 13.1 Å².